The molecule has 0 spiro atoms. The van der Waals surface area contributed by atoms with Crippen molar-refractivity contribution < 1.29 is 9.90 Å². The summed E-state index contributed by atoms with van der Waals surface area (Å²) in [5.41, 5.74) is 3.80. The fourth-order valence-electron chi connectivity index (χ4n) is 4.26. The van der Waals surface area contributed by atoms with E-state index in [1.165, 1.54) is 11.1 Å². The minimum absolute atomic E-state index is 0.231. The molecule has 4 nitrogen and oxygen atoms in total. The van der Waals surface area contributed by atoms with E-state index in [0.717, 1.165) is 56.7 Å². The highest BCUT2D eigenvalue weighted by Crippen LogP contribution is 2.33. The fourth-order valence-corrected chi connectivity index (χ4v) is 4.26. The number of amides is 1. The molecule has 0 saturated carbocycles. The van der Waals surface area contributed by atoms with Gasteiger partial charge in [0.25, 0.3) is 0 Å². The predicted molar refractivity (Wildman–Crippen MR) is 108 cm³/mol. The van der Waals surface area contributed by atoms with Crippen LogP contribution in [0, 0.1) is 6.92 Å². The van der Waals surface area contributed by atoms with Crippen LogP contribution in [0.3, 0.4) is 0 Å². The number of likely N-dealkylation sites (tertiary alicyclic amines) is 1. The van der Waals surface area contributed by atoms with Gasteiger partial charge in [-0.25, -0.2) is 0 Å². The van der Waals surface area contributed by atoms with Crippen LogP contribution in [0.15, 0.2) is 48.5 Å². The number of aryl methyl sites for hydroxylation is 1. The van der Waals surface area contributed by atoms with Crippen LogP contribution in [0.25, 0.3) is 0 Å². The third kappa shape index (κ3) is 3.92. The van der Waals surface area contributed by atoms with Gasteiger partial charge in [-0.15, -0.1) is 0 Å². The Kier molecular flexibility index (Phi) is 5.02. The first kappa shape index (κ1) is 18.2. The Balaban J connectivity index is 1.36. The van der Waals surface area contributed by atoms with Crippen molar-refractivity contribution in [3.63, 3.8) is 0 Å². The van der Waals surface area contributed by atoms with Gasteiger partial charge in [-0.05, 0) is 49.4 Å². The van der Waals surface area contributed by atoms with Gasteiger partial charge in [0.05, 0.1) is 5.60 Å². The van der Waals surface area contributed by atoms with E-state index in [4.69, 9.17) is 0 Å². The van der Waals surface area contributed by atoms with E-state index in [0.29, 0.717) is 6.42 Å². The van der Waals surface area contributed by atoms with E-state index < -0.39 is 5.60 Å². The van der Waals surface area contributed by atoms with Crippen LogP contribution >= 0.6 is 0 Å². The van der Waals surface area contributed by atoms with Crippen molar-refractivity contribution in [2.75, 3.05) is 24.5 Å². The number of hydrogen-bond acceptors (Lipinski definition) is 3. The van der Waals surface area contributed by atoms with Gasteiger partial charge in [0, 0.05) is 38.3 Å². The van der Waals surface area contributed by atoms with Crippen LogP contribution < -0.4 is 4.90 Å². The van der Waals surface area contributed by atoms with Crippen LogP contribution in [-0.2, 0) is 16.9 Å². The van der Waals surface area contributed by atoms with Gasteiger partial charge in [-0.3, -0.25) is 9.69 Å². The van der Waals surface area contributed by atoms with Crippen LogP contribution in [0.1, 0.15) is 42.4 Å². The highest BCUT2D eigenvalue weighted by Gasteiger charge is 2.33. The molecule has 4 rings (SSSR count). The van der Waals surface area contributed by atoms with Crippen molar-refractivity contribution in [2.45, 2.75) is 44.8 Å². The monoisotopic (exact) mass is 364 g/mol. The molecule has 2 saturated heterocycles. The molecule has 0 aromatic heterocycles. The van der Waals surface area contributed by atoms with Crippen LogP contribution in [-0.4, -0.2) is 35.5 Å². The summed E-state index contributed by atoms with van der Waals surface area (Å²) in [4.78, 5) is 16.2. The molecule has 2 aliphatic rings. The Labute approximate surface area is 161 Å². The molecular weight excluding hydrogens is 336 g/mol. The Morgan fingerprint density at radius 2 is 1.78 bits per heavy atom. The second-order valence-corrected chi connectivity index (χ2v) is 7.99. The van der Waals surface area contributed by atoms with Crippen molar-refractivity contribution in [2.24, 2.45) is 0 Å². The van der Waals surface area contributed by atoms with Gasteiger partial charge in [-0.1, -0.05) is 42.0 Å². The van der Waals surface area contributed by atoms with Crippen molar-refractivity contribution in [3.05, 3.63) is 65.2 Å². The smallest absolute Gasteiger partial charge is 0.227 e. The van der Waals surface area contributed by atoms with Crippen molar-refractivity contribution in [1.82, 2.24) is 4.90 Å². The Morgan fingerprint density at radius 1 is 1.04 bits per heavy atom. The molecule has 0 aliphatic carbocycles. The van der Waals surface area contributed by atoms with Crippen molar-refractivity contribution in [3.8, 4) is 0 Å². The van der Waals surface area contributed by atoms with E-state index in [2.05, 4.69) is 48.2 Å². The summed E-state index contributed by atoms with van der Waals surface area (Å²) in [6, 6.07) is 16.6. The normalized spacial score (nSPS) is 20.2. The molecule has 1 amide bonds. The summed E-state index contributed by atoms with van der Waals surface area (Å²) >= 11 is 0. The molecular formula is C23H28N2O2. The molecule has 0 bridgehead atoms. The number of benzene rings is 2. The lowest BCUT2D eigenvalue weighted by atomic mass is 9.84. The van der Waals surface area contributed by atoms with Gasteiger partial charge < -0.3 is 10.0 Å². The van der Waals surface area contributed by atoms with Gasteiger partial charge in [0.2, 0.25) is 5.91 Å². The number of nitrogens with zero attached hydrogens (tertiary/aromatic N) is 2. The highest BCUT2D eigenvalue weighted by atomic mass is 16.3. The van der Waals surface area contributed by atoms with Crippen LogP contribution in [0.5, 0.6) is 0 Å². The molecule has 1 N–H and O–H groups in total. The summed E-state index contributed by atoms with van der Waals surface area (Å²) in [5, 5.41) is 11.1. The van der Waals surface area contributed by atoms with Gasteiger partial charge >= 0.3 is 0 Å². The maximum Gasteiger partial charge on any atom is 0.227 e. The molecule has 2 fully saturated rings. The topological polar surface area (TPSA) is 43.8 Å². The number of carbonyl (C=O) groups excluding carboxylic acids is 1. The number of anilines is 1. The first-order valence-electron chi connectivity index (χ1n) is 9.95. The third-order valence-corrected chi connectivity index (χ3v) is 5.97. The molecule has 0 atom stereocenters. The summed E-state index contributed by atoms with van der Waals surface area (Å²) < 4.78 is 0. The second kappa shape index (κ2) is 7.45. The zero-order chi connectivity index (χ0) is 18.9. The summed E-state index contributed by atoms with van der Waals surface area (Å²) in [6.45, 7) is 5.56. The minimum Gasteiger partial charge on any atom is -0.385 e. The molecule has 142 valence electrons. The predicted octanol–water partition coefficient (Wildman–Crippen LogP) is 3.61. The molecule has 2 heterocycles. The average molecular weight is 364 g/mol. The number of rotatable bonds is 4. The molecule has 2 aromatic carbocycles. The molecule has 2 aromatic rings. The molecule has 27 heavy (non-hydrogen) atoms. The number of hydrogen-bond donors (Lipinski definition) is 1. The lowest BCUT2D eigenvalue weighted by Crippen LogP contribution is -2.42. The number of aliphatic hydroxyl groups is 1. The molecule has 2 aliphatic heterocycles. The Hall–Kier alpha value is -2.17. The standard InChI is InChI=1S/C23H28N2O2/c1-18-4-2-5-20(16-18)23(27)11-14-24(15-12-23)17-19-7-9-21(10-8-19)25-13-3-6-22(25)26/h2,4-5,7-10,16,27H,3,6,11-15,17H2,1H3. The fraction of sp³-hybridized carbons (Fsp3) is 0.435. The molecule has 0 radical (unpaired) electrons. The van der Waals surface area contributed by atoms with Crippen molar-refractivity contribution in [1.29, 1.82) is 0 Å². The lowest BCUT2D eigenvalue weighted by Gasteiger charge is -2.38. The summed E-state index contributed by atoms with van der Waals surface area (Å²) in [5.74, 6) is 0.231. The SMILES string of the molecule is Cc1cccc(C2(O)CCN(Cc3ccc(N4CCCC4=O)cc3)CC2)c1. The van der Waals surface area contributed by atoms with Gasteiger partial charge in [0.1, 0.15) is 0 Å². The summed E-state index contributed by atoms with van der Waals surface area (Å²) in [6.07, 6.45) is 3.14. The van der Waals surface area contributed by atoms with Gasteiger partial charge in [-0.2, -0.15) is 0 Å². The van der Waals surface area contributed by atoms with Crippen molar-refractivity contribution >= 4 is 11.6 Å². The molecule has 4 heteroatoms. The van der Waals surface area contributed by atoms with E-state index >= 15 is 0 Å². The summed E-state index contributed by atoms with van der Waals surface area (Å²) in [7, 11) is 0. The lowest BCUT2D eigenvalue weighted by molar-refractivity contribution is -0.117. The Bertz CT molecular complexity index is 807. The van der Waals surface area contributed by atoms with E-state index in [9.17, 15) is 9.90 Å². The number of piperidine rings is 1. The third-order valence-electron chi connectivity index (χ3n) is 5.97. The van der Waals surface area contributed by atoms with E-state index in [-0.39, 0.29) is 5.91 Å². The highest BCUT2D eigenvalue weighted by molar-refractivity contribution is 5.95. The van der Waals surface area contributed by atoms with Crippen LogP contribution in [0.2, 0.25) is 0 Å². The molecule has 0 unspecified atom stereocenters. The zero-order valence-corrected chi connectivity index (χ0v) is 16.0. The first-order valence-corrected chi connectivity index (χ1v) is 9.95. The zero-order valence-electron chi connectivity index (χ0n) is 16.0. The Morgan fingerprint density at radius 3 is 2.41 bits per heavy atom. The van der Waals surface area contributed by atoms with Gasteiger partial charge in [0.15, 0.2) is 0 Å². The van der Waals surface area contributed by atoms with E-state index in [1.54, 1.807) is 0 Å². The minimum atomic E-state index is -0.706. The maximum atomic E-state index is 11.9. The second-order valence-electron chi connectivity index (χ2n) is 7.99. The van der Waals surface area contributed by atoms with Crippen LogP contribution in [0.4, 0.5) is 5.69 Å². The first-order chi connectivity index (χ1) is 13.0. The maximum absolute atomic E-state index is 11.9. The largest absolute Gasteiger partial charge is 0.385 e. The quantitative estimate of drug-likeness (QED) is 0.901. The van der Waals surface area contributed by atoms with E-state index in [1.807, 2.05) is 17.0 Å². The number of carbonyl (C=O) groups is 1. The average Bonchev–Trinajstić information content (AvgIpc) is 3.10.